The molecule has 0 bridgehead atoms. The van der Waals surface area contributed by atoms with Crippen LogP contribution >= 0.6 is 11.6 Å². The van der Waals surface area contributed by atoms with Crippen LogP contribution in [0.15, 0.2) is 66.9 Å². The number of aromatic nitrogens is 3. The number of aryl methyl sites for hydroxylation is 1. The fraction of sp³-hybridized carbons (Fsp3) is 0.0526. The highest BCUT2D eigenvalue weighted by Gasteiger charge is 2.14. The lowest BCUT2D eigenvalue weighted by Crippen LogP contribution is -1.97. The quantitative estimate of drug-likeness (QED) is 0.517. The number of hydrogen-bond acceptors (Lipinski definition) is 2. The zero-order valence-corrected chi connectivity index (χ0v) is 13.3. The monoisotopic (exact) mass is 319 g/mol. The van der Waals surface area contributed by atoms with Crippen LogP contribution in [0.25, 0.3) is 27.8 Å². The molecule has 0 fully saturated rings. The molecule has 0 N–H and O–H groups in total. The summed E-state index contributed by atoms with van der Waals surface area (Å²) in [6, 6.07) is 20.0. The second-order valence-electron chi connectivity index (χ2n) is 5.40. The molecular formula is C19H14ClN3. The summed E-state index contributed by atoms with van der Waals surface area (Å²) in [5, 5.41) is 6.43. The minimum Gasteiger partial charge on any atom is -0.236 e. The lowest BCUT2D eigenvalue weighted by atomic mass is 10.0. The van der Waals surface area contributed by atoms with Crippen molar-refractivity contribution in [1.29, 1.82) is 0 Å². The van der Waals surface area contributed by atoms with Gasteiger partial charge in [0, 0.05) is 11.2 Å². The van der Waals surface area contributed by atoms with Gasteiger partial charge in [0.1, 0.15) is 0 Å². The van der Waals surface area contributed by atoms with Crippen molar-refractivity contribution < 1.29 is 0 Å². The molecular weight excluding hydrogens is 306 g/mol. The zero-order chi connectivity index (χ0) is 15.8. The van der Waals surface area contributed by atoms with Crippen LogP contribution in [0.3, 0.4) is 0 Å². The Labute approximate surface area is 139 Å². The summed E-state index contributed by atoms with van der Waals surface area (Å²) in [5.74, 6) is 0. The van der Waals surface area contributed by atoms with Gasteiger partial charge in [0.25, 0.3) is 0 Å². The van der Waals surface area contributed by atoms with Gasteiger partial charge in [-0.25, -0.2) is 9.67 Å². The third-order valence-corrected chi connectivity index (χ3v) is 4.12. The SMILES string of the molecule is Cc1nn(-c2cccc(Cl)c2)c2nccc(-c3ccccc3)c12. The van der Waals surface area contributed by atoms with Gasteiger partial charge in [0.05, 0.1) is 16.8 Å². The Morgan fingerprint density at radius 1 is 0.957 bits per heavy atom. The number of hydrogen-bond donors (Lipinski definition) is 0. The second kappa shape index (κ2) is 5.52. The van der Waals surface area contributed by atoms with Crippen LogP contribution in [-0.2, 0) is 0 Å². The molecule has 2 heterocycles. The maximum absolute atomic E-state index is 6.12. The predicted octanol–water partition coefficient (Wildman–Crippen LogP) is 5.05. The van der Waals surface area contributed by atoms with E-state index in [9.17, 15) is 0 Å². The molecule has 2 aromatic carbocycles. The van der Waals surface area contributed by atoms with Crippen LogP contribution in [0.5, 0.6) is 0 Å². The van der Waals surface area contributed by atoms with Crippen molar-refractivity contribution in [1.82, 2.24) is 14.8 Å². The molecule has 0 aliphatic carbocycles. The minimum absolute atomic E-state index is 0.683. The van der Waals surface area contributed by atoms with E-state index >= 15 is 0 Å². The summed E-state index contributed by atoms with van der Waals surface area (Å²) in [7, 11) is 0. The van der Waals surface area contributed by atoms with Crippen molar-refractivity contribution in [2.75, 3.05) is 0 Å². The molecule has 3 nitrogen and oxygen atoms in total. The Morgan fingerprint density at radius 2 is 1.78 bits per heavy atom. The summed E-state index contributed by atoms with van der Waals surface area (Å²) >= 11 is 6.12. The summed E-state index contributed by atoms with van der Waals surface area (Å²) in [4.78, 5) is 4.55. The molecule has 0 atom stereocenters. The first-order valence-electron chi connectivity index (χ1n) is 7.40. The summed E-state index contributed by atoms with van der Waals surface area (Å²) in [6.45, 7) is 2.01. The van der Waals surface area contributed by atoms with E-state index in [1.54, 1.807) is 0 Å². The standard InChI is InChI=1S/C19H14ClN3/c1-13-18-17(14-6-3-2-4-7-14)10-11-21-19(18)23(22-13)16-9-5-8-15(20)12-16/h2-12H,1H3. The Hall–Kier alpha value is -2.65. The Balaban J connectivity index is 2.00. The van der Waals surface area contributed by atoms with E-state index in [0.717, 1.165) is 33.5 Å². The highest BCUT2D eigenvalue weighted by atomic mass is 35.5. The van der Waals surface area contributed by atoms with Crippen LogP contribution in [0.4, 0.5) is 0 Å². The zero-order valence-electron chi connectivity index (χ0n) is 12.6. The van der Waals surface area contributed by atoms with E-state index in [1.807, 2.05) is 66.3 Å². The molecule has 0 saturated heterocycles. The molecule has 0 spiro atoms. The van der Waals surface area contributed by atoms with Gasteiger partial charge in [-0.1, -0.05) is 48.0 Å². The number of pyridine rings is 1. The molecule has 0 amide bonds. The van der Waals surface area contributed by atoms with Gasteiger partial charge in [-0.3, -0.25) is 0 Å². The van der Waals surface area contributed by atoms with Gasteiger partial charge in [0.15, 0.2) is 5.65 Å². The van der Waals surface area contributed by atoms with Crippen LogP contribution in [-0.4, -0.2) is 14.8 Å². The van der Waals surface area contributed by atoms with E-state index in [-0.39, 0.29) is 0 Å². The summed E-state index contributed by atoms with van der Waals surface area (Å²) in [5.41, 5.74) is 5.00. The van der Waals surface area contributed by atoms with Crippen LogP contribution in [0.1, 0.15) is 5.69 Å². The molecule has 0 aliphatic rings. The summed E-state index contributed by atoms with van der Waals surface area (Å²) in [6.07, 6.45) is 1.83. The fourth-order valence-corrected chi connectivity index (χ4v) is 3.05. The lowest BCUT2D eigenvalue weighted by molar-refractivity contribution is 0.878. The third-order valence-electron chi connectivity index (χ3n) is 3.88. The molecule has 0 radical (unpaired) electrons. The first-order chi connectivity index (χ1) is 11.2. The topological polar surface area (TPSA) is 30.7 Å². The largest absolute Gasteiger partial charge is 0.236 e. The number of halogens is 1. The van der Waals surface area contributed by atoms with E-state index in [4.69, 9.17) is 11.6 Å². The fourth-order valence-electron chi connectivity index (χ4n) is 2.86. The molecule has 4 rings (SSSR count). The van der Waals surface area contributed by atoms with Crippen LogP contribution in [0.2, 0.25) is 5.02 Å². The van der Waals surface area contributed by atoms with Gasteiger partial charge in [-0.05, 0) is 42.3 Å². The molecule has 2 aromatic heterocycles. The number of benzene rings is 2. The number of rotatable bonds is 2. The van der Waals surface area contributed by atoms with Gasteiger partial charge in [-0.2, -0.15) is 5.10 Å². The van der Waals surface area contributed by atoms with Crippen molar-refractivity contribution in [2.24, 2.45) is 0 Å². The molecule has 4 aromatic rings. The van der Waals surface area contributed by atoms with Crippen LogP contribution < -0.4 is 0 Å². The highest BCUT2D eigenvalue weighted by Crippen LogP contribution is 2.31. The molecule has 0 aliphatic heterocycles. The smallest absolute Gasteiger partial charge is 0.163 e. The molecule has 23 heavy (non-hydrogen) atoms. The first kappa shape index (κ1) is 14.0. The van der Waals surface area contributed by atoms with E-state index in [1.165, 1.54) is 0 Å². The van der Waals surface area contributed by atoms with Gasteiger partial charge in [-0.15, -0.1) is 0 Å². The van der Waals surface area contributed by atoms with Crippen molar-refractivity contribution in [3.63, 3.8) is 0 Å². The maximum atomic E-state index is 6.12. The highest BCUT2D eigenvalue weighted by molar-refractivity contribution is 6.30. The van der Waals surface area contributed by atoms with E-state index < -0.39 is 0 Å². The van der Waals surface area contributed by atoms with Crippen LogP contribution in [0, 0.1) is 6.92 Å². The summed E-state index contributed by atoms with van der Waals surface area (Å²) < 4.78 is 1.85. The Bertz CT molecular complexity index is 990. The van der Waals surface area contributed by atoms with Crippen molar-refractivity contribution in [3.8, 4) is 16.8 Å². The molecule has 4 heteroatoms. The van der Waals surface area contributed by atoms with Gasteiger partial charge in [0.2, 0.25) is 0 Å². The van der Waals surface area contributed by atoms with Gasteiger partial charge < -0.3 is 0 Å². The Morgan fingerprint density at radius 3 is 2.57 bits per heavy atom. The van der Waals surface area contributed by atoms with Crippen molar-refractivity contribution >= 4 is 22.6 Å². The Kier molecular flexibility index (Phi) is 3.36. The maximum Gasteiger partial charge on any atom is 0.163 e. The number of nitrogens with zero attached hydrogens (tertiary/aromatic N) is 3. The van der Waals surface area contributed by atoms with Gasteiger partial charge >= 0.3 is 0 Å². The third kappa shape index (κ3) is 2.39. The van der Waals surface area contributed by atoms with Crippen molar-refractivity contribution in [2.45, 2.75) is 6.92 Å². The molecule has 0 unspecified atom stereocenters. The predicted molar refractivity (Wildman–Crippen MR) is 94.0 cm³/mol. The average Bonchev–Trinajstić information content (AvgIpc) is 2.93. The van der Waals surface area contributed by atoms with E-state index in [2.05, 4.69) is 22.2 Å². The van der Waals surface area contributed by atoms with E-state index in [0.29, 0.717) is 5.02 Å². The number of fused-ring (bicyclic) bond motifs is 1. The molecule has 0 saturated carbocycles. The molecule has 112 valence electrons. The normalized spacial score (nSPS) is 11.0. The first-order valence-corrected chi connectivity index (χ1v) is 7.77. The lowest BCUT2D eigenvalue weighted by Gasteiger charge is -2.05. The van der Waals surface area contributed by atoms with Crippen molar-refractivity contribution in [3.05, 3.63) is 77.6 Å². The average molecular weight is 320 g/mol. The second-order valence-corrected chi connectivity index (χ2v) is 5.84. The minimum atomic E-state index is 0.683.